The molecule has 2 aromatic carbocycles. The first kappa shape index (κ1) is 18.6. The highest BCUT2D eigenvalue weighted by molar-refractivity contribution is 7.10. The third kappa shape index (κ3) is 5.15. The van der Waals surface area contributed by atoms with Crippen molar-refractivity contribution in [3.8, 4) is 17.0 Å². The number of nitrogens with one attached hydrogen (secondary N) is 2. The van der Waals surface area contributed by atoms with Crippen molar-refractivity contribution in [3.63, 3.8) is 0 Å². The van der Waals surface area contributed by atoms with Gasteiger partial charge in [0.2, 0.25) is 11.8 Å². The maximum absolute atomic E-state index is 12.1. The van der Waals surface area contributed by atoms with E-state index in [4.69, 9.17) is 0 Å². The van der Waals surface area contributed by atoms with Gasteiger partial charge in [-0.3, -0.25) is 9.59 Å². The van der Waals surface area contributed by atoms with E-state index < -0.39 is 0 Å². The summed E-state index contributed by atoms with van der Waals surface area (Å²) in [6.45, 7) is 1.86. The van der Waals surface area contributed by atoms with Crippen molar-refractivity contribution in [2.45, 2.75) is 19.9 Å². The minimum Gasteiger partial charge on any atom is -0.506 e. The first-order chi connectivity index (χ1) is 13.0. The molecule has 0 saturated carbocycles. The second-order valence-corrected chi connectivity index (χ2v) is 6.92. The quantitative estimate of drug-likeness (QED) is 0.571. The number of phenols is 1. The molecule has 0 bridgehead atoms. The first-order valence-corrected chi connectivity index (χ1v) is 9.25. The molecule has 0 aliphatic heterocycles. The van der Waals surface area contributed by atoms with Crippen LogP contribution in [-0.2, 0) is 22.6 Å². The second kappa shape index (κ2) is 8.46. The van der Waals surface area contributed by atoms with Crippen molar-refractivity contribution < 1.29 is 14.7 Å². The molecule has 0 aliphatic carbocycles. The lowest BCUT2D eigenvalue weighted by Gasteiger charge is -2.06. The minimum atomic E-state index is -0.267. The van der Waals surface area contributed by atoms with Gasteiger partial charge >= 0.3 is 0 Å². The Hall–Kier alpha value is -3.19. The Morgan fingerprint density at radius 1 is 1.15 bits per heavy atom. The van der Waals surface area contributed by atoms with E-state index in [-0.39, 0.29) is 24.0 Å². The van der Waals surface area contributed by atoms with E-state index in [0.717, 1.165) is 11.1 Å². The summed E-state index contributed by atoms with van der Waals surface area (Å²) < 4.78 is 0. The van der Waals surface area contributed by atoms with Crippen LogP contribution in [0.1, 0.15) is 17.5 Å². The average Bonchev–Trinajstić information content (AvgIpc) is 3.11. The molecule has 1 heterocycles. The molecule has 2 amide bonds. The lowest BCUT2D eigenvalue weighted by Crippen LogP contribution is -2.24. The molecule has 138 valence electrons. The fourth-order valence-electron chi connectivity index (χ4n) is 2.51. The molecule has 27 heavy (non-hydrogen) atoms. The number of rotatable bonds is 6. The van der Waals surface area contributed by atoms with Crippen molar-refractivity contribution in [3.05, 3.63) is 64.5 Å². The summed E-state index contributed by atoms with van der Waals surface area (Å²) in [5, 5.41) is 17.8. The van der Waals surface area contributed by atoms with Crippen LogP contribution in [-0.4, -0.2) is 21.9 Å². The predicted molar refractivity (Wildman–Crippen MR) is 106 cm³/mol. The lowest BCUT2D eigenvalue weighted by molar-refractivity contribution is -0.120. The zero-order valence-corrected chi connectivity index (χ0v) is 15.5. The monoisotopic (exact) mass is 381 g/mol. The Morgan fingerprint density at radius 3 is 2.67 bits per heavy atom. The van der Waals surface area contributed by atoms with E-state index in [0.29, 0.717) is 22.9 Å². The van der Waals surface area contributed by atoms with Crippen molar-refractivity contribution in [1.82, 2.24) is 10.3 Å². The van der Waals surface area contributed by atoms with Crippen LogP contribution >= 0.6 is 11.3 Å². The minimum absolute atomic E-state index is 0.00954. The van der Waals surface area contributed by atoms with Gasteiger partial charge in [-0.05, 0) is 23.8 Å². The number of anilines is 1. The molecule has 1 aromatic heterocycles. The Kier molecular flexibility index (Phi) is 5.83. The molecule has 6 nitrogen and oxygen atoms in total. The van der Waals surface area contributed by atoms with Gasteiger partial charge in [-0.25, -0.2) is 4.98 Å². The maximum atomic E-state index is 12.1. The fourth-order valence-corrected chi connectivity index (χ4v) is 3.31. The number of nitrogens with zero attached hydrogens (tertiary/aromatic N) is 1. The van der Waals surface area contributed by atoms with Gasteiger partial charge in [0, 0.05) is 24.4 Å². The van der Waals surface area contributed by atoms with Crippen LogP contribution in [0.3, 0.4) is 0 Å². The van der Waals surface area contributed by atoms with Crippen molar-refractivity contribution in [2.75, 3.05) is 5.32 Å². The van der Waals surface area contributed by atoms with Crippen LogP contribution in [0.2, 0.25) is 0 Å². The van der Waals surface area contributed by atoms with Crippen LogP contribution in [0, 0.1) is 0 Å². The highest BCUT2D eigenvalue weighted by atomic mass is 32.1. The van der Waals surface area contributed by atoms with Crippen LogP contribution in [0.15, 0.2) is 53.9 Å². The summed E-state index contributed by atoms with van der Waals surface area (Å²) in [7, 11) is 0. The van der Waals surface area contributed by atoms with Gasteiger partial charge in [-0.15, -0.1) is 11.3 Å². The number of carbonyl (C=O) groups is 2. The van der Waals surface area contributed by atoms with Crippen molar-refractivity contribution in [1.29, 1.82) is 0 Å². The van der Waals surface area contributed by atoms with Gasteiger partial charge in [0.25, 0.3) is 0 Å². The summed E-state index contributed by atoms with van der Waals surface area (Å²) in [6, 6.07) is 14.6. The highest BCUT2D eigenvalue weighted by Crippen LogP contribution is 2.30. The molecule has 3 N–H and O–H groups in total. The van der Waals surface area contributed by atoms with Gasteiger partial charge in [0.05, 0.1) is 17.8 Å². The van der Waals surface area contributed by atoms with Crippen LogP contribution < -0.4 is 10.6 Å². The molecule has 0 aliphatic rings. The maximum Gasteiger partial charge on any atom is 0.227 e. The zero-order valence-electron chi connectivity index (χ0n) is 14.7. The zero-order chi connectivity index (χ0) is 19.2. The Balaban J connectivity index is 1.64. The van der Waals surface area contributed by atoms with Crippen LogP contribution in [0.5, 0.6) is 5.75 Å². The molecule has 0 unspecified atom stereocenters. The van der Waals surface area contributed by atoms with Gasteiger partial charge < -0.3 is 15.7 Å². The number of amides is 2. The SMILES string of the molecule is CC(=O)Nc1cc(-c2csc(CC(=O)NCc3ccccc3)n2)ccc1O. The Labute approximate surface area is 160 Å². The molecule has 3 rings (SSSR count). The molecular formula is C20H19N3O3S. The average molecular weight is 381 g/mol. The largest absolute Gasteiger partial charge is 0.506 e. The smallest absolute Gasteiger partial charge is 0.227 e. The van der Waals surface area contributed by atoms with Crippen molar-refractivity contribution >= 4 is 28.8 Å². The number of aromatic nitrogens is 1. The molecule has 0 fully saturated rings. The molecule has 0 radical (unpaired) electrons. The standard InChI is InChI=1S/C20H19N3O3S/c1-13(24)22-16-9-15(7-8-18(16)25)17-12-27-20(23-17)10-19(26)21-11-14-5-3-2-4-6-14/h2-9,12,25H,10-11H2,1H3,(H,21,26)(H,22,24). The molecular weight excluding hydrogens is 362 g/mol. The summed E-state index contributed by atoms with van der Waals surface area (Å²) in [5.74, 6) is -0.370. The van der Waals surface area contributed by atoms with Crippen molar-refractivity contribution in [2.24, 2.45) is 0 Å². The van der Waals surface area contributed by atoms with E-state index in [1.165, 1.54) is 24.3 Å². The third-order valence-corrected chi connectivity index (χ3v) is 4.65. The number of hydrogen-bond acceptors (Lipinski definition) is 5. The van der Waals surface area contributed by atoms with E-state index in [1.807, 2.05) is 35.7 Å². The fraction of sp³-hybridized carbons (Fsp3) is 0.150. The van der Waals surface area contributed by atoms with E-state index in [9.17, 15) is 14.7 Å². The van der Waals surface area contributed by atoms with Crippen LogP contribution in [0.25, 0.3) is 11.3 Å². The number of aromatic hydroxyl groups is 1. The van der Waals surface area contributed by atoms with Gasteiger partial charge in [0.15, 0.2) is 0 Å². The molecule has 0 atom stereocenters. The van der Waals surface area contributed by atoms with Crippen LogP contribution in [0.4, 0.5) is 5.69 Å². The molecule has 7 heteroatoms. The summed E-state index contributed by atoms with van der Waals surface area (Å²) in [4.78, 5) is 27.8. The van der Waals surface area contributed by atoms with E-state index >= 15 is 0 Å². The summed E-state index contributed by atoms with van der Waals surface area (Å²) >= 11 is 1.40. The number of carbonyl (C=O) groups excluding carboxylic acids is 2. The van der Waals surface area contributed by atoms with Gasteiger partial charge in [0.1, 0.15) is 10.8 Å². The van der Waals surface area contributed by atoms with E-state index in [2.05, 4.69) is 15.6 Å². The molecule has 3 aromatic rings. The predicted octanol–water partition coefficient (Wildman–Crippen LogP) is 3.33. The first-order valence-electron chi connectivity index (χ1n) is 8.37. The van der Waals surface area contributed by atoms with E-state index in [1.54, 1.807) is 12.1 Å². The lowest BCUT2D eigenvalue weighted by atomic mass is 10.1. The molecule has 0 saturated heterocycles. The third-order valence-electron chi connectivity index (χ3n) is 3.80. The number of phenolic OH excluding ortho intramolecular Hbond substituents is 1. The topological polar surface area (TPSA) is 91.3 Å². The number of benzene rings is 2. The number of thiazole rings is 1. The number of hydrogen-bond donors (Lipinski definition) is 3. The second-order valence-electron chi connectivity index (χ2n) is 5.98. The van der Waals surface area contributed by atoms with Gasteiger partial charge in [-0.2, -0.15) is 0 Å². The highest BCUT2D eigenvalue weighted by Gasteiger charge is 2.11. The Bertz CT molecular complexity index is 954. The van der Waals surface area contributed by atoms with Gasteiger partial charge in [-0.1, -0.05) is 30.3 Å². The summed E-state index contributed by atoms with van der Waals surface area (Å²) in [5.41, 5.74) is 2.82. The Morgan fingerprint density at radius 2 is 1.93 bits per heavy atom. The normalized spacial score (nSPS) is 10.4. The molecule has 0 spiro atoms. The summed E-state index contributed by atoms with van der Waals surface area (Å²) in [6.07, 6.45) is 0.203.